The van der Waals surface area contributed by atoms with E-state index in [9.17, 15) is 4.79 Å². The van der Waals surface area contributed by atoms with Crippen LogP contribution < -0.4 is 10.1 Å². The van der Waals surface area contributed by atoms with Crippen LogP contribution in [-0.2, 0) is 11.3 Å². The van der Waals surface area contributed by atoms with Gasteiger partial charge in [0.2, 0.25) is 5.91 Å². The predicted molar refractivity (Wildman–Crippen MR) is 95.6 cm³/mol. The van der Waals surface area contributed by atoms with E-state index in [0.717, 1.165) is 36.4 Å². The number of aromatic nitrogens is 4. The van der Waals surface area contributed by atoms with Gasteiger partial charge in [0.1, 0.15) is 17.2 Å². The molecule has 1 N–H and O–H groups in total. The molecule has 1 aromatic heterocycles. The lowest BCUT2D eigenvalue weighted by Gasteiger charge is -2.44. The van der Waals surface area contributed by atoms with Crippen LogP contribution in [0.3, 0.4) is 0 Å². The second-order valence-electron chi connectivity index (χ2n) is 7.41. The van der Waals surface area contributed by atoms with Crippen molar-refractivity contribution in [3.05, 3.63) is 35.7 Å². The molecule has 1 atom stereocenters. The Morgan fingerprint density at radius 3 is 2.88 bits per heavy atom. The first-order valence-corrected chi connectivity index (χ1v) is 9.45. The SMILES string of the molecule is Cc1nnnn1CCC(=O)N[C@@H]1CC2(CCCCC2)Oc2ccccc21. The second-order valence-corrected chi connectivity index (χ2v) is 7.41. The molecule has 1 aliphatic heterocycles. The number of carbonyl (C=O) groups excluding carboxylic acids is 1. The zero-order valence-electron chi connectivity index (χ0n) is 15.1. The van der Waals surface area contributed by atoms with Crippen LogP contribution in [0.25, 0.3) is 0 Å². The third-order valence-electron chi connectivity index (χ3n) is 5.56. The van der Waals surface area contributed by atoms with Crippen molar-refractivity contribution >= 4 is 5.91 Å². The third-order valence-corrected chi connectivity index (χ3v) is 5.56. The first kappa shape index (κ1) is 17.0. The monoisotopic (exact) mass is 355 g/mol. The summed E-state index contributed by atoms with van der Waals surface area (Å²) < 4.78 is 8.08. The van der Waals surface area contributed by atoms with Crippen LogP contribution in [0.5, 0.6) is 5.75 Å². The van der Waals surface area contributed by atoms with Gasteiger partial charge in [-0.15, -0.1) is 5.10 Å². The fourth-order valence-corrected chi connectivity index (χ4v) is 4.18. The Morgan fingerprint density at radius 1 is 1.31 bits per heavy atom. The summed E-state index contributed by atoms with van der Waals surface area (Å²) in [6.07, 6.45) is 7.00. The molecule has 1 spiro atoms. The molecule has 1 fully saturated rings. The normalized spacial score (nSPS) is 21.0. The van der Waals surface area contributed by atoms with Gasteiger partial charge in [-0.25, -0.2) is 4.68 Å². The van der Waals surface area contributed by atoms with Crippen LogP contribution in [0.1, 0.15) is 62.4 Å². The van der Waals surface area contributed by atoms with Gasteiger partial charge in [0, 0.05) is 18.4 Å². The van der Waals surface area contributed by atoms with Gasteiger partial charge >= 0.3 is 0 Å². The minimum atomic E-state index is -0.128. The van der Waals surface area contributed by atoms with Crippen molar-refractivity contribution in [2.24, 2.45) is 0 Å². The molecule has 138 valence electrons. The molecule has 0 radical (unpaired) electrons. The topological polar surface area (TPSA) is 81.9 Å². The summed E-state index contributed by atoms with van der Waals surface area (Å²) in [6.45, 7) is 2.32. The predicted octanol–water partition coefficient (Wildman–Crippen LogP) is 2.71. The molecular formula is C19H25N5O2. The maximum absolute atomic E-state index is 12.6. The van der Waals surface area contributed by atoms with Crippen LogP contribution >= 0.6 is 0 Å². The number of tetrazole rings is 1. The van der Waals surface area contributed by atoms with Gasteiger partial charge in [-0.2, -0.15) is 0 Å². The molecular weight excluding hydrogens is 330 g/mol. The highest BCUT2D eigenvalue weighted by molar-refractivity contribution is 5.76. The zero-order chi connectivity index (χ0) is 18.0. The average Bonchev–Trinajstić information content (AvgIpc) is 3.05. The molecule has 0 unspecified atom stereocenters. The summed E-state index contributed by atoms with van der Waals surface area (Å²) in [6, 6.07) is 8.08. The van der Waals surface area contributed by atoms with Crippen LogP contribution in [-0.4, -0.2) is 31.7 Å². The molecule has 7 heteroatoms. The number of amides is 1. The second kappa shape index (κ2) is 7.05. The number of para-hydroxylation sites is 1. The van der Waals surface area contributed by atoms with Gasteiger partial charge in [0.15, 0.2) is 0 Å². The van der Waals surface area contributed by atoms with Gasteiger partial charge in [0.25, 0.3) is 0 Å². The highest BCUT2D eigenvalue weighted by atomic mass is 16.5. The van der Waals surface area contributed by atoms with E-state index in [0.29, 0.717) is 13.0 Å². The summed E-state index contributed by atoms with van der Waals surface area (Å²) in [5.41, 5.74) is 0.951. The van der Waals surface area contributed by atoms with E-state index in [1.54, 1.807) is 4.68 Å². The average molecular weight is 355 g/mol. The number of fused-ring (bicyclic) bond motifs is 1. The number of ether oxygens (including phenoxy) is 1. The Hall–Kier alpha value is -2.44. The van der Waals surface area contributed by atoms with Gasteiger partial charge in [-0.1, -0.05) is 24.6 Å². The Bertz CT molecular complexity index is 782. The lowest BCUT2D eigenvalue weighted by atomic mass is 9.77. The molecule has 2 aromatic rings. The molecule has 1 amide bonds. The number of aryl methyl sites for hydroxylation is 2. The first-order chi connectivity index (χ1) is 12.7. The number of rotatable bonds is 4. The molecule has 1 aromatic carbocycles. The number of nitrogens with zero attached hydrogens (tertiary/aromatic N) is 4. The number of hydrogen-bond acceptors (Lipinski definition) is 5. The van der Waals surface area contributed by atoms with E-state index in [1.165, 1.54) is 19.3 Å². The van der Waals surface area contributed by atoms with Crippen LogP contribution in [0, 0.1) is 6.92 Å². The maximum atomic E-state index is 12.6. The highest BCUT2D eigenvalue weighted by Gasteiger charge is 2.42. The lowest BCUT2D eigenvalue weighted by molar-refractivity contribution is -0.122. The van der Waals surface area contributed by atoms with E-state index in [-0.39, 0.29) is 17.6 Å². The smallest absolute Gasteiger partial charge is 0.222 e. The van der Waals surface area contributed by atoms with Crippen molar-refractivity contribution in [3.8, 4) is 5.75 Å². The minimum absolute atomic E-state index is 0.000480. The van der Waals surface area contributed by atoms with Gasteiger partial charge < -0.3 is 10.1 Å². The molecule has 2 heterocycles. The standard InChI is InChI=1S/C19H25N5O2/c1-14-21-22-23-24(14)12-9-18(25)20-16-13-19(10-5-2-6-11-19)26-17-8-4-3-7-15(16)17/h3-4,7-8,16H,2,5-6,9-13H2,1H3,(H,20,25)/t16-/m1/s1. The van der Waals surface area contributed by atoms with E-state index >= 15 is 0 Å². The van der Waals surface area contributed by atoms with E-state index < -0.39 is 0 Å². The molecule has 2 aliphatic rings. The Morgan fingerprint density at radius 2 is 2.12 bits per heavy atom. The molecule has 1 saturated carbocycles. The number of nitrogens with one attached hydrogen (secondary N) is 1. The van der Waals surface area contributed by atoms with Crippen molar-refractivity contribution < 1.29 is 9.53 Å². The Balaban J connectivity index is 1.47. The van der Waals surface area contributed by atoms with Crippen molar-refractivity contribution in [2.75, 3.05) is 0 Å². The molecule has 0 saturated heterocycles. The molecule has 4 rings (SSSR count). The third kappa shape index (κ3) is 3.43. The van der Waals surface area contributed by atoms with E-state index in [4.69, 9.17) is 4.74 Å². The Labute approximate surface area is 153 Å². The molecule has 0 bridgehead atoms. The fraction of sp³-hybridized carbons (Fsp3) is 0.579. The van der Waals surface area contributed by atoms with Crippen molar-refractivity contribution in [3.63, 3.8) is 0 Å². The minimum Gasteiger partial charge on any atom is -0.487 e. The molecule has 26 heavy (non-hydrogen) atoms. The van der Waals surface area contributed by atoms with Crippen LogP contribution in [0.15, 0.2) is 24.3 Å². The molecule has 7 nitrogen and oxygen atoms in total. The Kier molecular flexibility index (Phi) is 4.61. The quantitative estimate of drug-likeness (QED) is 0.912. The fourth-order valence-electron chi connectivity index (χ4n) is 4.18. The van der Waals surface area contributed by atoms with Crippen molar-refractivity contribution in [2.45, 2.75) is 70.1 Å². The first-order valence-electron chi connectivity index (χ1n) is 9.45. The summed E-state index contributed by atoms with van der Waals surface area (Å²) >= 11 is 0. The van der Waals surface area contributed by atoms with Gasteiger partial charge in [0.05, 0.1) is 12.6 Å². The summed E-state index contributed by atoms with van der Waals surface area (Å²) in [5, 5.41) is 14.6. The largest absolute Gasteiger partial charge is 0.487 e. The van der Waals surface area contributed by atoms with E-state index in [1.807, 2.05) is 25.1 Å². The van der Waals surface area contributed by atoms with E-state index in [2.05, 4.69) is 26.9 Å². The number of carbonyl (C=O) groups is 1. The summed E-state index contributed by atoms with van der Waals surface area (Å²) in [7, 11) is 0. The summed E-state index contributed by atoms with van der Waals surface area (Å²) in [4.78, 5) is 12.6. The van der Waals surface area contributed by atoms with Crippen LogP contribution in [0.2, 0.25) is 0 Å². The molecule has 1 aliphatic carbocycles. The van der Waals surface area contributed by atoms with Gasteiger partial charge in [-0.05, 0) is 49.1 Å². The lowest BCUT2D eigenvalue weighted by Crippen LogP contribution is -2.46. The highest BCUT2D eigenvalue weighted by Crippen LogP contribution is 2.45. The summed E-state index contributed by atoms with van der Waals surface area (Å²) in [5.74, 6) is 1.66. The maximum Gasteiger partial charge on any atom is 0.222 e. The number of benzene rings is 1. The number of hydrogen-bond donors (Lipinski definition) is 1. The van der Waals surface area contributed by atoms with Crippen molar-refractivity contribution in [1.82, 2.24) is 25.5 Å². The van der Waals surface area contributed by atoms with Crippen LogP contribution in [0.4, 0.5) is 0 Å². The van der Waals surface area contributed by atoms with Gasteiger partial charge in [-0.3, -0.25) is 4.79 Å². The zero-order valence-corrected chi connectivity index (χ0v) is 15.1. The van der Waals surface area contributed by atoms with Crippen molar-refractivity contribution in [1.29, 1.82) is 0 Å².